The van der Waals surface area contributed by atoms with Crippen molar-refractivity contribution in [3.05, 3.63) is 51.3 Å². The van der Waals surface area contributed by atoms with Gasteiger partial charge in [0.1, 0.15) is 0 Å². The standard InChI is InChI=1S/C15H18BrN3/c1-10-15(16)14(19(2)18-10)9-17-13-7-11-5-3-4-6-12(11)8-13/h3-6,13,17H,7-9H2,1-2H3. The summed E-state index contributed by atoms with van der Waals surface area (Å²) in [5.41, 5.74) is 5.24. The zero-order chi connectivity index (χ0) is 13.4. The van der Waals surface area contributed by atoms with Crippen LogP contribution in [-0.2, 0) is 26.4 Å². The minimum atomic E-state index is 0.541. The van der Waals surface area contributed by atoms with Gasteiger partial charge in [0.05, 0.1) is 15.9 Å². The first kappa shape index (κ1) is 12.9. The number of aryl methyl sites for hydroxylation is 2. The van der Waals surface area contributed by atoms with E-state index in [0.717, 1.165) is 29.6 Å². The number of halogens is 1. The highest BCUT2D eigenvalue weighted by molar-refractivity contribution is 9.10. The van der Waals surface area contributed by atoms with Gasteiger partial charge in [-0.3, -0.25) is 4.68 Å². The topological polar surface area (TPSA) is 29.9 Å². The summed E-state index contributed by atoms with van der Waals surface area (Å²) >= 11 is 3.62. The lowest BCUT2D eigenvalue weighted by atomic mass is 10.1. The van der Waals surface area contributed by atoms with Gasteiger partial charge < -0.3 is 5.32 Å². The number of benzene rings is 1. The normalized spacial score (nSPS) is 14.9. The molecule has 0 radical (unpaired) electrons. The zero-order valence-corrected chi connectivity index (χ0v) is 12.9. The van der Waals surface area contributed by atoms with Gasteiger partial charge in [0, 0.05) is 19.6 Å². The van der Waals surface area contributed by atoms with Crippen molar-refractivity contribution in [1.82, 2.24) is 15.1 Å². The molecule has 0 amide bonds. The van der Waals surface area contributed by atoms with Crippen LogP contribution in [0.5, 0.6) is 0 Å². The van der Waals surface area contributed by atoms with Gasteiger partial charge in [-0.25, -0.2) is 0 Å². The van der Waals surface area contributed by atoms with Crippen molar-refractivity contribution in [3.63, 3.8) is 0 Å². The molecule has 0 fully saturated rings. The molecule has 3 rings (SSSR count). The molecule has 0 atom stereocenters. The van der Waals surface area contributed by atoms with Crippen molar-refractivity contribution in [2.75, 3.05) is 0 Å². The highest BCUT2D eigenvalue weighted by atomic mass is 79.9. The number of nitrogens with one attached hydrogen (secondary N) is 1. The van der Waals surface area contributed by atoms with E-state index in [1.165, 1.54) is 16.8 Å². The summed E-state index contributed by atoms with van der Waals surface area (Å²) in [6.07, 6.45) is 2.26. The SMILES string of the molecule is Cc1nn(C)c(CNC2Cc3ccccc3C2)c1Br. The second-order valence-corrected chi connectivity index (χ2v) is 6.02. The number of rotatable bonds is 3. The molecule has 0 aliphatic heterocycles. The number of hydrogen-bond donors (Lipinski definition) is 1. The Labute approximate surface area is 122 Å². The van der Waals surface area contributed by atoms with Gasteiger partial charge in [-0.05, 0) is 46.8 Å². The molecule has 3 nitrogen and oxygen atoms in total. The lowest BCUT2D eigenvalue weighted by Crippen LogP contribution is -2.29. The summed E-state index contributed by atoms with van der Waals surface area (Å²) in [5, 5.41) is 8.07. The molecule has 19 heavy (non-hydrogen) atoms. The van der Waals surface area contributed by atoms with E-state index >= 15 is 0 Å². The van der Waals surface area contributed by atoms with Crippen LogP contribution in [0.25, 0.3) is 0 Å². The van der Waals surface area contributed by atoms with Crippen molar-refractivity contribution in [2.45, 2.75) is 32.4 Å². The van der Waals surface area contributed by atoms with Crippen molar-refractivity contribution in [1.29, 1.82) is 0 Å². The van der Waals surface area contributed by atoms with Crippen molar-refractivity contribution in [2.24, 2.45) is 7.05 Å². The first-order chi connectivity index (χ1) is 9.15. The average Bonchev–Trinajstić information content (AvgIpc) is 2.90. The Hall–Kier alpha value is -1.13. The summed E-state index contributed by atoms with van der Waals surface area (Å²) in [5.74, 6) is 0. The fourth-order valence-electron chi connectivity index (χ4n) is 2.82. The van der Waals surface area contributed by atoms with Crippen LogP contribution in [0.1, 0.15) is 22.5 Å². The van der Waals surface area contributed by atoms with Gasteiger partial charge in [0.15, 0.2) is 0 Å². The van der Waals surface area contributed by atoms with Gasteiger partial charge in [0.25, 0.3) is 0 Å². The van der Waals surface area contributed by atoms with Crippen LogP contribution < -0.4 is 5.32 Å². The van der Waals surface area contributed by atoms with E-state index < -0.39 is 0 Å². The van der Waals surface area contributed by atoms with E-state index in [4.69, 9.17) is 0 Å². The fraction of sp³-hybridized carbons (Fsp3) is 0.400. The third-order valence-electron chi connectivity index (χ3n) is 3.87. The van der Waals surface area contributed by atoms with Crippen LogP contribution in [0.3, 0.4) is 0 Å². The Morgan fingerprint density at radius 3 is 2.47 bits per heavy atom. The van der Waals surface area contributed by atoms with Gasteiger partial charge in [0.2, 0.25) is 0 Å². The summed E-state index contributed by atoms with van der Waals surface area (Å²) in [7, 11) is 2.00. The number of nitrogens with zero attached hydrogens (tertiary/aromatic N) is 2. The highest BCUT2D eigenvalue weighted by Crippen LogP contribution is 2.23. The molecular formula is C15H18BrN3. The molecule has 1 N–H and O–H groups in total. The summed E-state index contributed by atoms with van der Waals surface area (Å²) < 4.78 is 3.08. The second kappa shape index (κ2) is 5.10. The lowest BCUT2D eigenvalue weighted by molar-refractivity contribution is 0.514. The van der Waals surface area contributed by atoms with Crippen LogP contribution >= 0.6 is 15.9 Å². The highest BCUT2D eigenvalue weighted by Gasteiger charge is 2.21. The smallest absolute Gasteiger partial charge is 0.0739 e. The monoisotopic (exact) mass is 319 g/mol. The number of fused-ring (bicyclic) bond motifs is 1. The minimum Gasteiger partial charge on any atom is -0.308 e. The average molecular weight is 320 g/mol. The molecule has 0 spiro atoms. The molecule has 100 valence electrons. The summed E-state index contributed by atoms with van der Waals surface area (Å²) in [4.78, 5) is 0. The van der Waals surface area contributed by atoms with Gasteiger partial charge in [-0.15, -0.1) is 0 Å². The summed E-state index contributed by atoms with van der Waals surface area (Å²) in [6.45, 7) is 2.88. The molecule has 1 heterocycles. The Morgan fingerprint density at radius 1 is 1.32 bits per heavy atom. The van der Waals surface area contributed by atoms with Crippen LogP contribution in [0.2, 0.25) is 0 Å². The number of hydrogen-bond acceptors (Lipinski definition) is 2. The van der Waals surface area contributed by atoms with E-state index in [-0.39, 0.29) is 0 Å². The molecule has 0 bridgehead atoms. The number of aromatic nitrogens is 2. The van der Waals surface area contributed by atoms with Crippen LogP contribution in [0.4, 0.5) is 0 Å². The van der Waals surface area contributed by atoms with E-state index in [2.05, 4.69) is 50.6 Å². The van der Waals surface area contributed by atoms with E-state index in [1.807, 2.05) is 18.7 Å². The van der Waals surface area contributed by atoms with E-state index in [9.17, 15) is 0 Å². The van der Waals surface area contributed by atoms with Crippen molar-refractivity contribution < 1.29 is 0 Å². The molecule has 1 aliphatic carbocycles. The predicted molar refractivity (Wildman–Crippen MR) is 80.1 cm³/mol. The molecule has 0 saturated heterocycles. The molecule has 1 aromatic heterocycles. The largest absolute Gasteiger partial charge is 0.308 e. The molecule has 2 aromatic rings. The molecule has 0 unspecified atom stereocenters. The van der Waals surface area contributed by atoms with Crippen LogP contribution in [0.15, 0.2) is 28.7 Å². The molecule has 0 saturated carbocycles. The maximum atomic E-state index is 4.43. The maximum absolute atomic E-state index is 4.43. The first-order valence-corrected chi connectivity index (χ1v) is 7.42. The second-order valence-electron chi connectivity index (χ2n) is 5.22. The van der Waals surface area contributed by atoms with Gasteiger partial charge >= 0.3 is 0 Å². The third-order valence-corrected chi connectivity index (χ3v) is 4.90. The van der Waals surface area contributed by atoms with Crippen LogP contribution in [-0.4, -0.2) is 15.8 Å². The Bertz CT molecular complexity index is 578. The lowest BCUT2D eigenvalue weighted by Gasteiger charge is -2.12. The molecule has 1 aliphatic rings. The van der Waals surface area contributed by atoms with Gasteiger partial charge in [-0.1, -0.05) is 24.3 Å². The Morgan fingerprint density at radius 2 is 1.95 bits per heavy atom. The quantitative estimate of drug-likeness (QED) is 0.942. The van der Waals surface area contributed by atoms with Crippen LogP contribution in [0, 0.1) is 6.92 Å². The van der Waals surface area contributed by atoms with E-state index in [0.29, 0.717) is 6.04 Å². The predicted octanol–water partition coefficient (Wildman–Crippen LogP) is 2.75. The Kier molecular flexibility index (Phi) is 3.46. The van der Waals surface area contributed by atoms with Crippen molar-refractivity contribution in [3.8, 4) is 0 Å². The molecular weight excluding hydrogens is 302 g/mol. The van der Waals surface area contributed by atoms with Gasteiger partial charge in [-0.2, -0.15) is 5.10 Å². The van der Waals surface area contributed by atoms with E-state index in [1.54, 1.807) is 0 Å². The van der Waals surface area contributed by atoms with Crippen molar-refractivity contribution >= 4 is 15.9 Å². The maximum Gasteiger partial charge on any atom is 0.0739 e. The third kappa shape index (κ3) is 2.47. The zero-order valence-electron chi connectivity index (χ0n) is 11.3. The molecule has 1 aromatic carbocycles. The minimum absolute atomic E-state index is 0.541. The fourth-order valence-corrected chi connectivity index (χ4v) is 3.29. The summed E-state index contributed by atoms with van der Waals surface area (Å²) in [6, 6.07) is 9.27. The molecule has 4 heteroatoms. The first-order valence-electron chi connectivity index (χ1n) is 6.63. The Balaban J connectivity index is 1.66.